The number of hydrogen-bond acceptors (Lipinski definition) is 5. The van der Waals surface area contributed by atoms with E-state index in [0.29, 0.717) is 32.6 Å². The number of aromatic nitrogens is 1. The molecule has 0 unspecified atom stereocenters. The van der Waals surface area contributed by atoms with E-state index in [4.69, 9.17) is 4.52 Å². The van der Waals surface area contributed by atoms with Crippen LogP contribution < -0.4 is 4.90 Å². The minimum absolute atomic E-state index is 0.232. The van der Waals surface area contributed by atoms with E-state index in [0.717, 1.165) is 11.6 Å². The lowest BCUT2D eigenvalue weighted by Crippen LogP contribution is -2.49. The molecule has 1 aromatic rings. The Morgan fingerprint density at radius 2 is 2.00 bits per heavy atom. The predicted molar refractivity (Wildman–Crippen MR) is 69.1 cm³/mol. The summed E-state index contributed by atoms with van der Waals surface area (Å²) in [5, 5.41) is 3.95. The third kappa shape index (κ3) is 2.84. The molecule has 2 heterocycles. The second kappa shape index (κ2) is 5.27. The third-order valence-corrected chi connectivity index (χ3v) is 5.11. The van der Waals surface area contributed by atoms with Crippen LogP contribution in [0.2, 0.25) is 0 Å². The summed E-state index contributed by atoms with van der Waals surface area (Å²) >= 11 is 0. The van der Waals surface area contributed by atoms with E-state index in [1.54, 1.807) is 4.31 Å². The Hall–Kier alpha value is -1.08. The van der Waals surface area contributed by atoms with Crippen LogP contribution in [0.1, 0.15) is 19.1 Å². The van der Waals surface area contributed by atoms with Gasteiger partial charge in [0, 0.05) is 32.2 Å². The van der Waals surface area contributed by atoms with Crippen LogP contribution in [-0.2, 0) is 10.0 Å². The number of aryl methyl sites for hydroxylation is 1. The predicted octanol–water partition coefficient (Wildman–Crippen LogP) is 0.845. The van der Waals surface area contributed by atoms with Gasteiger partial charge in [0.15, 0.2) is 5.82 Å². The smallest absolute Gasteiger partial charge is 0.214 e. The second-order valence-electron chi connectivity index (χ2n) is 4.50. The van der Waals surface area contributed by atoms with Crippen molar-refractivity contribution in [1.29, 1.82) is 0 Å². The highest BCUT2D eigenvalue weighted by Crippen LogP contribution is 2.17. The number of piperazine rings is 1. The molecule has 0 saturated carbocycles. The van der Waals surface area contributed by atoms with Crippen LogP contribution in [0, 0.1) is 6.92 Å². The van der Waals surface area contributed by atoms with Crippen molar-refractivity contribution < 1.29 is 12.9 Å². The van der Waals surface area contributed by atoms with Crippen molar-refractivity contribution in [2.24, 2.45) is 0 Å². The Kier molecular flexibility index (Phi) is 3.91. The lowest BCUT2D eigenvalue weighted by atomic mass is 10.3. The van der Waals surface area contributed by atoms with Gasteiger partial charge in [-0.1, -0.05) is 12.1 Å². The Morgan fingerprint density at radius 3 is 2.50 bits per heavy atom. The van der Waals surface area contributed by atoms with Gasteiger partial charge in [0.25, 0.3) is 0 Å². The van der Waals surface area contributed by atoms with E-state index < -0.39 is 10.0 Å². The molecule has 0 atom stereocenters. The summed E-state index contributed by atoms with van der Waals surface area (Å²) in [5.41, 5.74) is 0. The van der Waals surface area contributed by atoms with Gasteiger partial charge in [-0.2, -0.15) is 4.31 Å². The van der Waals surface area contributed by atoms with Gasteiger partial charge >= 0.3 is 0 Å². The average molecular weight is 273 g/mol. The molecule has 0 N–H and O–H groups in total. The molecule has 0 aromatic carbocycles. The fourth-order valence-electron chi connectivity index (χ4n) is 2.08. The zero-order valence-corrected chi connectivity index (χ0v) is 11.6. The topological polar surface area (TPSA) is 66.7 Å². The van der Waals surface area contributed by atoms with Crippen molar-refractivity contribution in [1.82, 2.24) is 9.46 Å². The molecule has 7 heteroatoms. The number of sulfonamides is 1. The first kappa shape index (κ1) is 13.4. The van der Waals surface area contributed by atoms with Gasteiger partial charge in [-0.15, -0.1) is 0 Å². The lowest BCUT2D eigenvalue weighted by molar-refractivity contribution is 0.371. The standard InChI is InChI=1S/C11H19N3O3S/c1-3-8-18(15,16)14-6-4-13(5-7-14)11-9-10(2)17-12-11/h9H,3-8H2,1-2H3. The van der Waals surface area contributed by atoms with E-state index in [2.05, 4.69) is 10.1 Å². The van der Waals surface area contributed by atoms with Gasteiger partial charge in [-0.3, -0.25) is 0 Å². The Labute approximate surface area is 108 Å². The van der Waals surface area contributed by atoms with Crippen LogP contribution in [0.3, 0.4) is 0 Å². The number of hydrogen-bond donors (Lipinski definition) is 0. The van der Waals surface area contributed by atoms with E-state index in [9.17, 15) is 8.42 Å². The summed E-state index contributed by atoms with van der Waals surface area (Å²) in [7, 11) is -3.07. The summed E-state index contributed by atoms with van der Waals surface area (Å²) < 4.78 is 30.4. The minimum atomic E-state index is -3.07. The number of nitrogens with zero attached hydrogens (tertiary/aromatic N) is 3. The molecule has 1 saturated heterocycles. The summed E-state index contributed by atoms with van der Waals surface area (Å²) in [4.78, 5) is 2.05. The molecular formula is C11H19N3O3S. The zero-order valence-electron chi connectivity index (χ0n) is 10.8. The summed E-state index contributed by atoms with van der Waals surface area (Å²) in [6.07, 6.45) is 0.658. The molecular weight excluding hydrogens is 254 g/mol. The van der Waals surface area contributed by atoms with Crippen LogP contribution in [0.25, 0.3) is 0 Å². The van der Waals surface area contributed by atoms with E-state index in [1.165, 1.54) is 0 Å². The first-order valence-electron chi connectivity index (χ1n) is 6.19. The van der Waals surface area contributed by atoms with Gasteiger partial charge in [-0.25, -0.2) is 8.42 Å². The van der Waals surface area contributed by atoms with Gasteiger partial charge in [0.1, 0.15) is 5.76 Å². The number of rotatable bonds is 4. The van der Waals surface area contributed by atoms with Crippen molar-refractivity contribution in [3.8, 4) is 0 Å². The molecule has 0 radical (unpaired) electrons. The van der Waals surface area contributed by atoms with Gasteiger partial charge in [-0.05, 0) is 13.3 Å². The van der Waals surface area contributed by atoms with Gasteiger partial charge < -0.3 is 9.42 Å². The Morgan fingerprint density at radius 1 is 1.33 bits per heavy atom. The maximum Gasteiger partial charge on any atom is 0.214 e. The van der Waals surface area contributed by atoms with E-state index in [1.807, 2.05) is 19.9 Å². The first-order valence-corrected chi connectivity index (χ1v) is 7.80. The second-order valence-corrected chi connectivity index (χ2v) is 6.59. The largest absolute Gasteiger partial charge is 0.360 e. The monoisotopic (exact) mass is 273 g/mol. The van der Waals surface area contributed by atoms with Crippen molar-refractivity contribution in [2.45, 2.75) is 20.3 Å². The highest BCUT2D eigenvalue weighted by molar-refractivity contribution is 7.89. The quantitative estimate of drug-likeness (QED) is 0.813. The highest BCUT2D eigenvalue weighted by Gasteiger charge is 2.27. The van der Waals surface area contributed by atoms with Crippen LogP contribution in [0.5, 0.6) is 0 Å². The van der Waals surface area contributed by atoms with Crippen molar-refractivity contribution in [2.75, 3.05) is 36.8 Å². The minimum Gasteiger partial charge on any atom is -0.360 e. The van der Waals surface area contributed by atoms with Crippen molar-refractivity contribution in [3.63, 3.8) is 0 Å². The van der Waals surface area contributed by atoms with Crippen molar-refractivity contribution >= 4 is 15.8 Å². The molecule has 1 aliphatic rings. The summed E-state index contributed by atoms with van der Waals surface area (Å²) in [6.45, 7) is 6.09. The molecule has 0 spiro atoms. The summed E-state index contributed by atoms with van der Waals surface area (Å²) in [6, 6.07) is 1.87. The maximum absolute atomic E-state index is 11.9. The first-order chi connectivity index (χ1) is 8.53. The van der Waals surface area contributed by atoms with Crippen LogP contribution in [0.4, 0.5) is 5.82 Å². The average Bonchev–Trinajstić information content (AvgIpc) is 2.76. The molecule has 1 aliphatic heterocycles. The van der Waals surface area contributed by atoms with E-state index in [-0.39, 0.29) is 5.75 Å². The molecule has 6 nitrogen and oxygen atoms in total. The molecule has 0 aliphatic carbocycles. The van der Waals surface area contributed by atoms with E-state index >= 15 is 0 Å². The fraction of sp³-hybridized carbons (Fsp3) is 0.727. The molecule has 18 heavy (non-hydrogen) atoms. The highest BCUT2D eigenvalue weighted by atomic mass is 32.2. The van der Waals surface area contributed by atoms with Crippen LogP contribution in [0.15, 0.2) is 10.6 Å². The van der Waals surface area contributed by atoms with Crippen molar-refractivity contribution in [3.05, 3.63) is 11.8 Å². The fourth-order valence-corrected chi connectivity index (χ4v) is 3.58. The molecule has 1 fully saturated rings. The summed E-state index contributed by atoms with van der Waals surface area (Å²) in [5.74, 6) is 1.79. The normalized spacial score (nSPS) is 18.2. The SMILES string of the molecule is CCCS(=O)(=O)N1CCN(c2cc(C)on2)CC1. The lowest BCUT2D eigenvalue weighted by Gasteiger charge is -2.33. The van der Waals surface area contributed by atoms with Gasteiger partial charge in [0.05, 0.1) is 5.75 Å². The molecule has 0 amide bonds. The zero-order chi connectivity index (χ0) is 13.2. The molecule has 1 aromatic heterocycles. The van der Waals surface area contributed by atoms with Crippen LogP contribution >= 0.6 is 0 Å². The Balaban J connectivity index is 1.96. The van der Waals surface area contributed by atoms with Gasteiger partial charge in [0.2, 0.25) is 10.0 Å². The molecule has 102 valence electrons. The molecule has 0 bridgehead atoms. The molecule has 2 rings (SSSR count). The maximum atomic E-state index is 11.9. The third-order valence-electron chi connectivity index (χ3n) is 3.03. The Bertz CT molecular complexity index is 489. The number of anilines is 1. The van der Waals surface area contributed by atoms with Crippen LogP contribution in [-0.4, -0.2) is 49.8 Å².